The van der Waals surface area contributed by atoms with Gasteiger partial charge in [0.2, 0.25) is 16.0 Å². The van der Waals surface area contributed by atoms with Gasteiger partial charge in [0, 0.05) is 36.9 Å². The number of hydrogen-bond donors (Lipinski definition) is 3. The number of sulfonamides is 1. The minimum absolute atomic E-state index is 0.0627. The van der Waals surface area contributed by atoms with E-state index in [1.54, 1.807) is 12.4 Å². The summed E-state index contributed by atoms with van der Waals surface area (Å²) in [6, 6.07) is 1.92. The summed E-state index contributed by atoms with van der Waals surface area (Å²) in [4.78, 5) is 13.5. The van der Waals surface area contributed by atoms with Gasteiger partial charge in [-0.2, -0.15) is 0 Å². The van der Waals surface area contributed by atoms with Crippen molar-refractivity contribution in [2.75, 3.05) is 30.0 Å². The molecule has 2 aromatic heterocycles. The SMILES string of the molecule is C[C@@]1(O)CCC[C@H]1Nc1nccc2cnc(NC3CCN(S(C)(=O)=O)CC3)nc12. The molecule has 4 rings (SSSR count). The second kappa shape index (κ2) is 7.66. The lowest BCUT2D eigenvalue weighted by molar-refractivity contribution is 0.0578. The van der Waals surface area contributed by atoms with Gasteiger partial charge in [0.1, 0.15) is 5.52 Å². The Hall–Kier alpha value is -2.04. The Morgan fingerprint density at radius 2 is 1.97 bits per heavy atom. The van der Waals surface area contributed by atoms with Gasteiger partial charge in [0.25, 0.3) is 0 Å². The molecule has 0 amide bonds. The van der Waals surface area contributed by atoms with E-state index in [1.165, 1.54) is 10.6 Å². The van der Waals surface area contributed by atoms with Crippen LogP contribution in [0.4, 0.5) is 11.8 Å². The molecule has 3 N–H and O–H groups in total. The van der Waals surface area contributed by atoms with E-state index in [-0.39, 0.29) is 12.1 Å². The molecular formula is C19H28N6O3S. The Balaban J connectivity index is 1.50. The zero-order valence-electron chi connectivity index (χ0n) is 16.8. The summed E-state index contributed by atoms with van der Waals surface area (Å²) in [7, 11) is -3.14. The maximum absolute atomic E-state index is 11.7. The van der Waals surface area contributed by atoms with Crippen LogP contribution in [0.15, 0.2) is 18.5 Å². The van der Waals surface area contributed by atoms with E-state index in [4.69, 9.17) is 0 Å². The highest BCUT2D eigenvalue weighted by Crippen LogP contribution is 2.33. The maximum Gasteiger partial charge on any atom is 0.223 e. The number of aromatic nitrogens is 3. The molecule has 1 aliphatic carbocycles. The molecule has 29 heavy (non-hydrogen) atoms. The van der Waals surface area contributed by atoms with Gasteiger partial charge < -0.3 is 15.7 Å². The molecule has 0 bridgehead atoms. The zero-order valence-corrected chi connectivity index (χ0v) is 17.6. The lowest BCUT2D eigenvalue weighted by atomic mass is 10.0. The Labute approximate surface area is 171 Å². The first-order valence-electron chi connectivity index (χ1n) is 10.0. The first kappa shape index (κ1) is 20.2. The lowest BCUT2D eigenvalue weighted by Crippen LogP contribution is -2.42. The molecule has 1 saturated carbocycles. The molecule has 0 unspecified atom stereocenters. The van der Waals surface area contributed by atoms with Crippen LogP contribution in [-0.4, -0.2) is 69.8 Å². The summed E-state index contributed by atoms with van der Waals surface area (Å²) in [5, 5.41) is 18.1. The van der Waals surface area contributed by atoms with Crippen molar-refractivity contribution in [1.29, 1.82) is 0 Å². The van der Waals surface area contributed by atoms with Crippen LogP contribution in [0.25, 0.3) is 10.9 Å². The number of pyridine rings is 1. The van der Waals surface area contributed by atoms with Gasteiger partial charge in [-0.25, -0.2) is 27.7 Å². The third-order valence-corrected chi connectivity index (χ3v) is 7.30. The van der Waals surface area contributed by atoms with Gasteiger partial charge in [-0.05, 0) is 45.1 Å². The molecule has 0 spiro atoms. The van der Waals surface area contributed by atoms with Gasteiger partial charge in [0.15, 0.2) is 5.82 Å². The predicted octanol–water partition coefficient (Wildman–Crippen LogP) is 1.58. The van der Waals surface area contributed by atoms with Crippen molar-refractivity contribution >= 4 is 32.7 Å². The molecule has 2 fully saturated rings. The fraction of sp³-hybridized carbons (Fsp3) is 0.632. The van der Waals surface area contributed by atoms with Crippen LogP contribution in [0.2, 0.25) is 0 Å². The highest BCUT2D eigenvalue weighted by molar-refractivity contribution is 7.88. The Morgan fingerprint density at radius 1 is 1.21 bits per heavy atom. The van der Waals surface area contributed by atoms with Crippen molar-refractivity contribution < 1.29 is 13.5 Å². The van der Waals surface area contributed by atoms with Crippen LogP contribution >= 0.6 is 0 Å². The standard InChI is InChI=1S/C19H28N6O3S/c1-19(26)8-3-4-15(19)23-17-16-13(5-9-20-17)12-21-18(24-16)22-14-6-10-25(11-7-14)29(2,27)28/h5,9,12,14-15,26H,3-4,6-8,10-11H2,1-2H3,(H,20,23)(H,21,22,24)/t15-,19-/m1/s1. The van der Waals surface area contributed by atoms with Crippen molar-refractivity contribution in [2.24, 2.45) is 0 Å². The van der Waals surface area contributed by atoms with Gasteiger partial charge in [-0.3, -0.25) is 0 Å². The molecule has 2 aliphatic rings. The zero-order chi connectivity index (χ0) is 20.6. The van der Waals surface area contributed by atoms with Gasteiger partial charge in [-0.15, -0.1) is 0 Å². The minimum atomic E-state index is -3.14. The molecule has 9 nitrogen and oxygen atoms in total. The minimum Gasteiger partial charge on any atom is -0.388 e. The van der Waals surface area contributed by atoms with Gasteiger partial charge >= 0.3 is 0 Å². The first-order valence-corrected chi connectivity index (χ1v) is 11.9. The predicted molar refractivity (Wildman–Crippen MR) is 112 cm³/mol. The summed E-state index contributed by atoms with van der Waals surface area (Å²) in [5.74, 6) is 1.15. The molecule has 1 aliphatic heterocycles. The van der Waals surface area contributed by atoms with Crippen molar-refractivity contribution in [3.05, 3.63) is 18.5 Å². The third kappa shape index (κ3) is 4.44. The monoisotopic (exact) mass is 420 g/mol. The summed E-state index contributed by atoms with van der Waals surface area (Å²) >= 11 is 0. The lowest BCUT2D eigenvalue weighted by Gasteiger charge is -2.30. The molecule has 1 saturated heterocycles. The van der Waals surface area contributed by atoms with E-state index in [2.05, 4.69) is 25.6 Å². The van der Waals surface area contributed by atoms with E-state index < -0.39 is 15.6 Å². The topological polar surface area (TPSA) is 120 Å². The van der Waals surface area contributed by atoms with E-state index in [9.17, 15) is 13.5 Å². The van der Waals surface area contributed by atoms with Crippen LogP contribution in [0.5, 0.6) is 0 Å². The van der Waals surface area contributed by atoms with Crippen LogP contribution in [0.1, 0.15) is 39.0 Å². The second-order valence-electron chi connectivity index (χ2n) is 8.32. The summed E-state index contributed by atoms with van der Waals surface area (Å²) in [6.45, 7) is 2.85. The van der Waals surface area contributed by atoms with Gasteiger partial charge in [0.05, 0.1) is 17.9 Å². The number of aliphatic hydroxyl groups is 1. The number of nitrogens with one attached hydrogen (secondary N) is 2. The fourth-order valence-corrected chi connectivity index (χ4v) is 5.06. The summed E-state index contributed by atoms with van der Waals surface area (Å²) in [5.41, 5.74) is -0.0489. The average molecular weight is 421 g/mol. The van der Waals surface area contributed by atoms with E-state index in [1.807, 2.05) is 13.0 Å². The van der Waals surface area contributed by atoms with E-state index in [0.717, 1.165) is 24.6 Å². The third-order valence-electron chi connectivity index (χ3n) is 5.99. The number of piperidine rings is 1. The van der Waals surface area contributed by atoms with Crippen LogP contribution in [0, 0.1) is 0 Å². The first-order chi connectivity index (χ1) is 13.7. The number of fused-ring (bicyclic) bond motifs is 1. The summed E-state index contributed by atoms with van der Waals surface area (Å²) in [6.07, 6.45) is 8.76. The molecule has 10 heteroatoms. The van der Waals surface area contributed by atoms with Crippen LogP contribution in [-0.2, 0) is 10.0 Å². The normalized spacial score (nSPS) is 26.7. The molecule has 0 radical (unpaired) electrons. The fourth-order valence-electron chi connectivity index (χ4n) is 4.19. The summed E-state index contributed by atoms with van der Waals surface area (Å²) < 4.78 is 24.9. The van der Waals surface area contributed by atoms with Crippen molar-refractivity contribution in [2.45, 2.75) is 56.7 Å². The number of rotatable bonds is 5. The Bertz CT molecular complexity index is 989. The quantitative estimate of drug-likeness (QED) is 0.667. The molecular weight excluding hydrogens is 392 g/mol. The van der Waals surface area contributed by atoms with Crippen molar-refractivity contribution in [1.82, 2.24) is 19.3 Å². The Kier molecular flexibility index (Phi) is 5.34. The number of nitrogens with zero attached hydrogens (tertiary/aromatic N) is 4. The largest absolute Gasteiger partial charge is 0.388 e. The highest BCUT2D eigenvalue weighted by atomic mass is 32.2. The van der Waals surface area contributed by atoms with Crippen LogP contribution < -0.4 is 10.6 Å². The second-order valence-corrected chi connectivity index (χ2v) is 10.3. The number of anilines is 2. The van der Waals surface area contributed by atoms with Crippen LogP contribution in [0.3, 0.4) is 0 Å². The maximum atomic E-state index is 11.7. The molecule has 2 aromatic rings. The molecule has 2 atom stereocenters. The van der Waals surface area contributed by atoms with E-state index in [0.29, 0.717) is 43.2 Å². The van der Waals surface area contributed by atoms with E-state index >= 15 is 0 Å². The van der Waals surface area contributed by atoms with Gasteiger partial charge in [-0.1, -0.05) is 0 Å². The smallest absolute Gasteiger partial charge is 0.223 e. The van der Waals surface area contributed by atoms with Crippen molar-refractivity contribution in [3.63, 3.8) is 0 Å². The molecule has 3 heterocycles. The molecule has 0 aromatic carbocycles. The highest BCUT2D eigenvalue weighted by Gasteiger charge is 2.37. The molecule has 158 valence electrons. The number of hydrogen-bond acceptors (Lipinski definition) is 8. The Morgan fingerprint density at radius 3 is 2.62 bits per heavy atom. The van der Waals surface area contributed by atoms with Crippen molar-refractivity contribution in [3.8, 4) is 0 Å². The average Bonchev–Trinajstić information content (AvgIpc) is 3.00.